The quantitative estimate of drug-likeness (QED) is 0.781. The number of benzene rings is 1. The van der Waals surface area contributed by atoms with E-state index < -0.39 is 5.54 Å². The number of hydrogen-bond donors (Lipinski definition) is 2. The van der Waals surface area contributed by atoms with E-state index in [1.165, 1.54) is 19.3 Å². The third kappa shape index (κ3) is 6.66. The molecule has 0 radical (unpaired) electrons. The molecule has 0 aromatic heterocycles. The molecule has 2 rings (SSSR count). The highest BCUT2D eigenvalue weighted by molar-refractivity contribution is 5.86. The number of piperidine rings is 1. The lowest BCUT2D eigenvalue weighted by Gasteiger charge is -2.36. The second kappa shape index (κ2) is 10.9. The van der Waals surface area contributed by atoms with Gasteiger partial charge in [0.05, 0.1) is 18.7 Å². The number of carbonyl (C=O) groups excluding carboxylic acids is 1. The van der Waals surface area contributed by atoms with Gasteiger partial charge in [0.15, 0.2) is 0 Å². The fourth-order valence-corrected chi connectivity index (χ4v) is 3.02. The van der Waals surface area contributed by atoms with Crippen LogP contribution >= 0.6 is 24.8 Å². The summed E-state index contributed by atoms with van der Waals surface area (Å²) in [4.78, 5) is 14.6. The Morgan fingerprint density at radius 3 is 2.40 bits per heavy atom. The van der Waals surface area contributed by atoms with Crippen molar-refractivity contribution < 1.29 is 9.53 Å². The minimum atomic E-state index is -0.868. The van der Waals surface area contributed by atoms with Crippen molar-refractivity contribution in [2.75, 3.05) is 26.7 Å². The van der Waals surface area contributed by atoms with Gasteiger partial charge in [-0.3, -0.25) is 9.69 Å². The molecule has 1 unspecified atom stereocenters. The predicted octanol–water partition coefficient (Wildman–Crippen LogP) is 2.92. The molecule has 0 spiro atoms. The maximum atomic E-state index is 12.2. The van der Waals surface area contributed by atoms with Gasteiger partial charge in [-0.15, -0.1) is 24.8 Å². The Morgan fingerprint density at radius 1 is 1.24 bits per heavy atom. The molecule has 7 heteroatoms. The lowest BCUT2D eigenvalue weighted by atomic mass is 9.99. The molecule has 5 nitrogen and oxygen atoms in total. The zero-order chi connectivity index (χ0) is 16.9. The van der Waals surface area contributed by atoms with Crippen LogP contribution in [0.5, 0.6) is 5.75 Å². The number of rotatable bonds is 6. The van der Waals surface area contributed by atoms with E-state index >= 15 is 0 Å². The summed E-state index contributed by atoms with van der Waals surface area (Å²) in [5.41, 5.74) is 6.14. The summed E-state index contributed by atoms with van der Waals surface area (Å²) < 4.78 is 5.53. The van der Waals surface area contributed by atoms with Gasteiger partial charge in [0, 0.05) is 12.1 Å². The lowest BCUT2D eigenvalue weighted by Crippen LogP contribution is -2.51. The Hall–Kier alpha value is -1.01. The topological polar surface area (TPSA) is 67.6 Å². The largest absolute Gasteiger partial charge is 0.496 e. The van der Waals surface area contributed by atoms with E-state index in [1.807, 2.05) is 18.2 Å². The summed E-state index contributed by atoms with van der Waals surface area (Å²) >= 11 is 0. The van der Waals surface area contributed by atoms with E-state index in [0.29, 0.717) is 6.54 Å². The molecule has 144 valence electrons. The summed E-state index contributed by atoms with van der Waals surface area (Å²) in [6.45, 7) is 6.08. The number of nitrogens with one attached hydrogen (secondary N) is 1. The Balaban J connectivity index is 0.00000288. The third-order valence-electron chi connectivity index (χ3n) is 4.37. The van der Waals surface area contributed by atoms with E-state index in [1.54, 1.807) is 21.0 Å². The van der Waals surface area contributed by atoms with Crippen LogP contribution in [0.15, 0.2) is 24.3 Å². The van der Waals surface area contributed by atoms with Crippen LogP contribution in [0.2, 0.25) is 0 Å². The lowest BCUT2D eigenvalue weighted by molar-refractivity contribution is -0.125. The zero-order valence-corrected chi connectivity index (χ0v) is 16.9. The van der Waals surface area contributed by atoms with Crippen molar-refractivity contribution in [3.63, 3.8) is 0 Å². The van der Waals surface area contributed by atoms with Gasteiger partial charge in [-0.2, -0.15) is 0 Å². The highest BCUT2D eigenvalue weighted by Crippen LogP contribution is 2.30. The van der Waals surface area contributed by atoms with Gasteiger partial charge in [-0.1, -0.05) is 24.6 Å². The standard InChI is InChI=1S/C18H29N3O2.2ClH/c1-18(2,19)17(22)20-13-15(21-11-7-4-8-12-21)14-9-5-6-10-16(14)23-3;;/h5-6,9-10,15H,4,7-8,11-13,19H2,1-3H3,(H,20,22);2*1H. The zero-order valence-electron chi connectivity index (χ0n) is 15.3. The molecule has 1 amide bonds. The van der Waals surface area contributed by atoms with Crippen LogP contribution < -0.4 is 15.8 Å². The fraction of sp³-hybridized carbons (Fsp3) is 0.611. The van der Waals surface area contributed by atoms with Crippen molar-refractivity contribution >= 4 is 30.7 Å². The minimum Gasteiger partial charge on any atom is -0.496 e. The second-order valence-corrected chi connectivity index (χ2v) is 6.79. The molecule has 1 atom stereocenters. The highest BCUT2D eigenvalue weighted by Gasteiger charge is 2.27. The normalized spacial score (nSPS) is 16.2. The van der Waals surface area contributed by atoms with E-state index in [2.05, 4.69) is 16.3 Å². The van der Waals surface area contributed by atoms with Crippen molar-refractivity contribution in [1.29, 1.82) is 0 Å². The van der Waals surface area contributed by atoms with E-state index in [0.717, 1.165) is 24.4 Å². The van der Waals surface area contributed by atoms with Gasteiger partial charge in [-0.25, -0.2) is 0 Å². The van der Waals surface area contributed by atoms with Crippen LogP contribution in [0.3, 0.4) is 0 Å². The molecule has 1 aromatic rings. The molecule has 1 aliphatic heterocycles. The molecule has 3 N–H and O–H groups in total. The second-order valence-electron chi connectivity index (χ2n) is 6.79. The van der Waals surface area contributed by atoms with Crippen molar-refractivity contribution in [3.05, 3.63) is 29.8 Å². The number of halogens is 2. The maximum Gasteiger partial charge on any atom is 0.239 e. The number of carbonyl (C=O) groups is 1. The van der Waals surface area contributed by atoms with Crippen molar-refractivity contribution in [1.82, 2.24) is 10.2 Å². The molecule has 0 aliphatic carbocycles. The molecule has 0 bridgehead atoms. The van der Waals surface area contributed by atoms with Gasteiger partial charge in [0.2, 0.25) is 5.91 Å². The molecule has 1 aliphatic rings. The first-order chi connectivity index (χ1) is 10.9. The summed E-state index contributed by atoms with van der Waals surface area (Å²) in [5, 5.41) is 3.01. The molecular weight excluding hydrogens is 361 g/mol. The Labute approximate surface area is 163 Å². The Bertz CT molecular complexity index is 529. The van der Waals surface area contributed by atoms with Crippen molar-refractivity contribution in [3.8, 4) is 5.75 Å². The molecule has 1 saturated heterocycles. The number of nitrogens with two attached hydrogens (primary N) is 1. The van der Waals surface area contributed by atoms with Gasteiger partial charge >= 0.3 is 0 Å². The first-order valence-corrected chi connectivity index (χ1v) is 8.37. The Morgan fingerprint density at radius 2 is 1.84 bits per heavy atom. The van der Waals surface area contributed by atoms with E-state index in [-0.39, 0.29) is 36.8 Å². The van der Waals surface area contributed by atoms with Crippen LogP contribution in [0, 0.1) is 0 Å². The monoisotopic (exact) mass is 391 g/mol. The smallest absolute Gasteiger partial charge is 0.239 e. The average molecular weight is 392 g/mol. The van der Waals surface area contributed by atoms with E-state index in [9.17, 15) is 4.79 Å². The summed E-state index contributed by atoms with van der Waals surface area (Å²) in [6.07, 6.45) is 3.67. The Kier molecular flexibility index (Phi) is 10.4. The number of ether oxygens (including phenoxy) is 1. The van der Waals surface area contributed by atoms with Crippen LogP contribution in [0.1, 0.15) is 44.7 Å². The molecular formula is C18H31Cl2N3O2. The van der Waals surface area contributed by atoms with Crippen LogP contribution in [0.4, 0.5) is 0 Å². The number of methoxy groups -OCH3 is 1. The van der Waals surface area contributed by atoms with Crippen molar-refractivity contribution in [2.45, 2.75) is 44.7 Å². The van der Waals surface area contributed by atoms with Crippen LogP contribution in [0.25, 0.3) is 0 Å². The summed E-state index contributed by atoms with van der Waals surface area (Å²) in [6, 6.07) is 8.15. The fourth-order valence-electron chi connectivity index (χ4n) is 3.02. The number of nitrogens with zero attached hydrogens (tertiary/aromatic N) is 1. The average Bonchev–Trinajstić information content (AvgIpc) is 2.55. The molecule has 0 saturated carbocycles. The van der Waals surface area contributed by atoms with Gasteiger partial charge in [-0.05, 0) is 45.8 Å². The molecule has 1 fully saturated rings. The third-order valence-corrected chi connectivity index (χ3v) is 4.37. The van der Waals surface area contributed by atoms with Gasteiger partial charge in [0.1, 0.15) is 5.75 Å². The molecule has 25 heavy (non-hydrogen) atoms. The molecule has 1 aromatic carbocycles. The highest BCUT2D eigenvalue weighted by atomic mass is 35.5. The number of likely N-dealkylation sites (tertiary alicyclic amines) is 1. The van der Waals surface area contributed by atoms with Gasteiger partial charge < -0.3 is 15.8 Å². The number of para-hydroxylation sites is 1. The maximum absolute atomic E-state index is 12.2. The van der Waals surface area contributed by atoms with E-state index in [4.69, 9.17) is 10.5 Å². The van der Waals surface area contributed by atoms with Gasteiger partial charge in [0.25, 0.3) is 0 Å². The SMILES string of the molecule is COc1ccccc1C(CNC(=O)C(C)(C)N)N1CCCCC1.Cl.Cl. The van der Waals surface area contributed by atoms with Crippen molar-refractivity contribution in [2.24, 2.45) is 5.73 Å². The first kappa shape index (κ1) is 24.0. The van der Waals surface area contributed by atoms with Crippen LogP contribution in [-0.4, -0.2) is 43.1 Å². The van der Waals surface area contributed by atoms with Crippen LogP contribution in [-0.2, 0) is 4.79 Å². The number of hydrogen-bond acceptors (Lipinski definition) is 4. The molecule has 1 heterocycles. The predicted molar refractivity (Wildman–Crippen MR) is 107 cm³/mol. The number of amides is 1. The minimum absolute atomic E-state index is 0. The summed E-state index contributed by atoms with van der Waals surface area (Å²) in [7, 11) is 1.69. The first-order valence-electron chi connectivity index (χ1n) is 8.37. The summed E-state index contributed by atoms with van der Waals surface area (Å²) in [5.74, 6) is 0.735.